The van der Waals surface area contributed by atoms with Crippen molar-refractivity contribution in [1.29, 1.82) is 0 Å². The van der Waals surface area contributed by atoms with Gasteiger partial charge in [-0.3, -0.25) is 9.59 Å². The number of hydrogen-bond donors (Lipinski definition) is 2. The Morgan fingerprint density at radius 2 is 1.76 bits per heavy atom. The molecule has 3 aromatic rings. The molecule has 0 spiro atoms. The zero-order valence-corrected chi connectivity index (χ0v) is 19.4. The number of hydrogen-bond acceptors (Lipinski definition) is 9. The molecule has 10 nitrogen and oxygen atoms in total. The van der Waals surface area contributed by atoms with Crippen LogP contribution >= 0.6 is 0 Å². The standard InChI is InChI=1S/C24H27N7O3/c1-16-14-26-24(27-17-8-9-20(25-15-17)31-10-12-34-13-11-31)29-22(16)28-19-7-5-4-6-18(19)21(32)23(33)30(2)3/h4-9,14-15H,10-13H2,1-3H3,(H2,26,27,28,29). The molecule has 0 radical (unpaired) electrons. The predicted molar refractivity (Wildman–Crippen MR) is 130 cm³/mol. The van der Waals surface area contributed by atoms with E-state index in [1.165, 1.54) is 4.90 Å². The number of aryl methyl sites for hydroxylation is 1. The zero-order valence-electron chi connectivity index (χ0n) is 19.4. The molecule has 10 heteroatoms. The summed E-state index contributed by atoms with van der Waals surface area (Å²) in [5, 5.41) is 6.34. The van der Waals surface area contributed by atoms with Gasteiger partial charge in [0.15, 0.2) is 0 Å². The SMILES string of the molecule is Cc1cnc(Nc2ccc(N3CCOCC3)nc2)nc1Nc1ccccc1C(=O)C(=O)N(C)C. The molecule has 1 aromatic carbocycles. The van der Waals surface area contributed by atoms with Crippen LogP contribution in [0.25, 0.3) is 0 Å². The van der Waals surface area contributed by atoms with Crippen molar-refractivity contribution >= 4 is 40.6 Å². The fraction of sp³-hybridized carbons (Fsp3) is 0.292. The Kier molecular flexibility index (Phi) is 6.98. The lowest BCUT2D eigenvalue weighted by molar-refractivity contribution is -0.124. The van der Waals surface area contributed by atoms with Crippen LogP contribution in [-0.4, -0.2) is 71.9 Å². The lowest BCUT2D eigenvalue weighted by Crippen LogP contribution is -2.36. The predicted octanol–water partition coefficient (Wildman–Crippen LogP) is 2.77. The van der Waals surface area contributed by atoms with E-state index < -0.39 is 11.7 Å². The summed E-state index contributed by atoms with van der Waals surface area (Å²) < 4.78 is 5.39. The maximum absolute atomic E-state index is 12.6. The molecule has 0 atom stereocenters. The highest BCUT2D eigenvalue weighted by atomic mass is 16.5. The molecule has 1 amide bonds. The van der Waals surface area contributed by atoms with Crippen molar-refractivity contribution < 1.29 is 14.3 Å². The van der Waals surface area contributed by atoms with Gasteiger partial charge in [0.05, 0.1) is 36.3 Å². The highest BCUT2D eigenvalue weighted by Crippen LogP contribution is 2.24. The van der Waals surface area contributed by atoms with E-state index in [-0.39, 0.29) is 5.56 Å². The van der Waals surface area contributed by atoms with Gasteiger partial charge >= 0.3 is 0 Å². The largest absolute Gasteiger partial charge is 0.378 e. The number of anilines is 5. The van der Waals surface area contributed by atoms with E-state index in [1.54, 1.807) is 50.8 Å². The minimum absolute atomic E-state index is 0.275. The molecule has 2 aromatic heterocycles. The molecular weight excluding hydrogens is 434 g/mol. The Morgan fingerprint density at radius 3 is 2.47 bits per heavy atom. The summed E-state index contributed by atoms with van der Waals surface area (Å²) in [5.74, 6) is 0.610. The second-order valence-corrected chi connectivity index (χ2v) is 8.05. The minimum Gasteiger partial charge on any atom is -0.378 e. The van der Waals surface area contributed by atoms with Crippen molar-refractivity contribution in [2.75, 3.05) is 55.9 Å². The average molecular weight is 462 g/mol. The molecule has 1 fully saturated rings. The Bertz CT molecular complexity index is 1180. The third-order valence-corrected chi connectivity index (χ3v) is 5.34. The van der Waals surface area contributed by atoms with Gasteiger partial charge in [0.1, 0.15) is 11.6 Å². The summed E-state index contributed by atoms with van der Waals surface area (Å²) in [6, 6.07) is 10.7. The number of Topliss-reactive ketones (excluding diaryl/α,β-unsaturated/α-hetero) is 1. The Morgan fingerprint density at radius 1 is 1.00 bits per heavy atom. The van der Waals surface area contributed by atoms with Gasteiger partial charge in [-0.25, -0.2) is 9.97 Å². The fourth-order valence-corrected chi connectivity index (χ4v) is 3.43. The van der Waals surface area contributed by atoms with E-state index in [0.29, 0.717) is 30.7 Å². The van der Waals surface area contributed by atoms with Gasteiger partial charge in [0.2, 0.25) is 5.95 Å². The summed E-state index contributed by atoms with van der Waals surface area (Å²) in [5.41, 5.74) is 2.30. The number of likely N-dealkylation sites (N-methyl/N-ethyl adjacent to an activating group) is 1. The van der Waals surface area contributed by atoms with E-state index in [0.717, 1.165) is 30.2 Å². The first-order valence-electron chi connectivity index (χ1n) is 10.9. The van der Waals surface area contributed by atoms with Crippen LogP contribution in [0.4, 0.5) is 29.0 Å². The number of ether oxygens (including phenoxy) is 1. The van der Waals surface area contributed by atoms with Crippen LogP contribution in [0.3, 0.4) is 0 Å². The van der Waals surface area contributed by atoms with Crippen LogP contribution in [0.1, 0.15) is 15.9 Å². The van der Waals surface area contributed by atoms with E-state index in [2.05, 4.69) is 30.5 Å². The average Bonchev–Trinajstić information content (AvgIpc) is 2.86. The number of nitrogens with zero attached hydrogens (tertiary/aromatic N) is 5. The van der Waals surface area contributed by atoms with Gasteiger partial charge in [-0.05, 0) is 31.2 Å². The molecule has 0 unspecified atom stereocenters. The van der Waals surface area contributed by atoms with Gasteiger partial charge in [-0.15, -0.1) is 0 Å². The molecule has 1 aliphatic heterocycles. The zero-order chi connectivity index (χ0) is 24.1. The van der Waals surface area contributed by atoms with Crippen molar-refractivity contribution in [3.63, 3.8) is 0 Å². The van der Waals surface area contributed by atoms with E-state index in [9.17, 15) is 9.59 Å². The van der Waals surface area contributed by atoms with Gasteiger partial charge < -0.3 is 25.2 Å². The first kappa shape index (κ1) is 23.1. The van der Waals surface area contributed by atoms with Crippen molar-refractivity contribution in [3.05, 3.63) is 59.9 Å². The summed E-state index contributed by atoms with van der Waals surface area (Å²) in [6.07, 6.45) is 3.42. The Labute approximate surface area is 198 Å². The number of carbonyl (C=O) groups excluding carboxylic acids is 2. The minimum atomic E-state index is -0.593. The van der Waals surface area contributed by atoms with Crippen LogP contribution in [0, 0.1) is 6.92 Å². The number of para-hydroxylation sites is 1. The van der Waals surface area contributed by atoms with E-state index in [1.807, 2.05) is 19.1 Å². The normalized spacial score (nSPS) is 13.3. The molecular formula is C24H27N7O3. The van der Waals surface area contributed by atoms with E-state index in [4.69, 9.17) is 4.74 Å². The van der Waals surface area contributed by atoms with Crippen LogP contribution in [0.15, 0.2) is 48.8 Å². The lowest BCUT2D eigenvalue weighted by atomic mass is 10.1. The summed E-state index contributed by atoms with van der Waals surface area (Å²) in [6.45, 7) is 4.90. The van der Waals surface area contributed by atoms with Gasteiger partial charge in [0.25, 0.3) is 11.7 Å². The van der Waals surface area contributed by atoms with Crippen LogP contribution in [0.5, 0.6) is 0 Å². The molecule has 1 aliphatic rings. The van der Waals surface area contributed by atoms with Crippen molar-refractivity contribution in [3.8, 4) is 0 Å². The summed E-state index contributed by atoms with van der Waals surface area (Å²) >= 11 is 0. The maximum Gasteiger partial charge on any atom is 0.294 e. The van der Waals surface area contributed by atoms with E-state index >= 15 is 0 Å². The second-order valence-electron chi connectivity index (χ2n) is 8.05. The smallest absolute Gasteiger partial charge is 0.294 e. The number of carbonyl (C=O) groups is 2. The lowest BCUT2D eigenvalue weighted by Gasteiger charge is -2.27. The number of benzene rings is 1. The number of nitrogens with one attached hydrogen (secondary N) is 2. The molecule has 0 bridgehead atoms. The molecule has 3 heterocycles. The number of pyridine rings is 1. The molecule has 4 rings (SSSR count). The quantitative estimate of drug-likeness (QED) is 0.405. The summed E-state index contributed by atoms with van der Waals surface area (Å²) in [7, 11) is 3.09. The van der Waals surface area contributed by atoms with Crippen LogP contribution in [0.2, 0.25) is 0 Å². The molecule has 34 heavy (non-hydrogen) atoms. The number of aromatic nitrogens is 3. The second kappa shape index (κ2) is 10.3. The molecule has 2 N–H and O–H groups in total. The molecule has 0 aliphatic carbocycles. The van der Waals surface area contributed by atoms with Gasteiger partial charge in [-0.2, -0.15) is 4.98 Å². The first-order chi connectivity index (χ1) is 16.4. The van der Waals surface area contributed by atoms with Crippen molar-refractivity contribution in [1.82, 2.24) is 19.9 Å². The van der Waals surface area contributed by atoms with Gasteiger partial charge in [0, 0.05) is 38.9 Å². The highest BCUT2D eigenvalue weighted by Gasteiger charge is 2.21. The molecule has 1 saturated heterocycles. The fourth-order valence-electron chi connectivity index (χ4n) is 3.43. The Balaban J connectivity index is 1.51. The summed E-state index contributed by atoms with van der Waals surface area (Å²) in [4.78, 5) is 41.7. The number of ketones is 1. The van der Waals surface area contributed by atoms with Crippen molar-refractivity contribution in [2.24, 2.45) is 0 Å². The van der Waals surface area contributed by atoms with Crippen LogP contribution < -0.4 is 15.5 Å². The monoisotopic (exact) mass is 461 g/mol. The molecule has 176 valence electrons. The molecule has 0 saturated carbocycles. The number of morpholine rings is 1. The third kappa shape index (κ3) is 5.29. The topological polar surface area (TPSA) is 113 Å². The number of rotatable bonds is 7. The maximum atomic E-state index is 12.6. The Hall–Kier alpha value is -4.05. The van der Waals surface area contributed by atoms with Gasteiger partial charge in [-0.1, -0.05) is 12.1 Å². The highest BCUT2D eigenvalue weighted by molar-refractivity contribution is 6.43. The third-order valence-electron chi connectivity index (χ3n) is 5.34. The van der Waals surface area contributed by atoms with Crippen molar-refractivity contribution in [2.45, 2.75) is 6.92 Å². The van der Waals surface area contributed by atoms with Crippen LogP contribution in [-0.2, 0) is 9.53 Å². The number of amides is 1. The first-order valence-corrected chi connectivity index (χ1v) is 10.9.